The van der Waals surface area contributed by atoms with Gasteiger partial charge in [-0.25, -0.2) is 4.39 Å². The zero-order valence-corrected chi connectivity index (χ0v) is 9.10. The number of hydrogen-bond acceptors (Lipinski definition) is 2. The molecule has 2 N–H and O–H groups in total. The SMILES string of the molecule is CC(N)c1cnn(Cc2ccccc2F)c1. The molecule has 1 heterocycles. The van der Waals surface area contributed by atoms with E-state index in [1.165, 1.54) is 6.07 Å². The van der Waals surface area contributed by atoms with Crippen LogP contribution in [0.2, 0.25) is 0 Å². The highest BCUT2D eigenvalue weighted by atomic mass is 19.1. The molecule has 0 aliphatic heterocycles. The van der Waals surface area contributed by atoms with Crippen LogP contribution in [0.5, 0.6) is 0 Å². The Morgan fingerprint density at radius 2 is 2.19 bits per heavy atom. The Labute approximate surface area is 93.7 Å². The fourth-order valence-electron chi connectivity index (χ4n) is 1.50. The first-order chi connectivity index (χ1) is 7.66. The van der Waals surface area contributed by atoms with E-state index in [0.717, 1.165) is 5.56 Å². The summed E-state index contributed by atoms with van der Waals surface area (Å²) in [4.78, 5) is 0. The summed E-state index contributed by atoms with van der Waals surface area (Å²) in [6, 6.07) is 6.65. The average Bonchev–Trinajstić information content (AvgIpc) is 2.70. The van der Waals surface area contributed by atoms with Gasteiger partial charge in [-0.05, 0) is 13.0 Å². The molecule has 84 valence electrons. The minimum atomic E-state index is -0.208. The smallest absolute Gasteiger partial charge is 0.128 e. The van der Waals surface area contributed by atoms with Crippen molar-refractivity contribution in [3.8, 4) is 0 Å². The highest BCUT2D eigenvalue weighted by Gasteiger charge is 2.05. The van der Waals surface area contributed by atoms with E-state index in [4.69, 9.17) is 5.73 Å². The molecule has 0 saturated heterocycles. The van der Waals surface area contributed by atoms with Crippen LogP contribution in [0.3, 0.4) is 0 Å². The Bertz CT molecular complexity index is 477. The molecule has 1 atom stereocenters. The molecule has 2 rings (SSSR count). The summed E-state index contributed by atoms with van der Waals surface area (Å²) in [5, 5.41) is 4.14. The van der Waals surface area contributed by atoms with Gasteiger partial charge in [0.05, 0.1) is 12.7 Å². The van der Waals surface area contributed by atoms with Crippen molar-refractivity contribution in [2.75, 3.05) is 0 Å². The number of nitrogens with zero attached hydrogens (tertiary/aromatic N) is 2. The summed E-state index contributed by atoms with van der Waals surface area (Å²) in [5.41, 5.74) is 7.30. The van der Waals surface area contributed by atoms with E-state index in [1.807, 2.05) is 19.2 Å². The maximum Gasteiger partial charge on any atom is 0.128 e. The lowest BCUT2D eigenvalue weighted by Crippen LogP contribution is -2.04. The standard InChI is InChI=1S/C12H14FN3/c1-9(14)11-6-15-16(8-11)7-10-4-2-3-5-12(10)13/h2-6,8-9H,7,14H2,1H3. The second kappa shape index (κ2) is 4.45. The molecule has 0 fully saturated rings. The Hall–Kier alpha value is -1.68. The van der Waals surface area contributed by atoms with Crippen LogP contribution in [0.4, 0.5) is 4.39 Å². The van der Waals surface area contributed by atoms with Crippen LogP contribution in [0.15, 0.2) is 36.7 Å². The molecular formula is C12H14FN3. The van der Waals surface area contributed by atoms with Crippen molar-refractivity contribution >= 4 is 0 Å². The lowest BCUT2D eigenvalue weighted by Gasteiger charge is -2.03. The van der Waals surface area contributed by atoms with Gasteiger partial charge >= 0.3 is 0 Å². The Morgan fingerprint density at radius 1 is 1.44 bits per heavy atom. The highest BCUT2D eigenvalue weighted by Crippen LogP contribution is 2.11. The van der Waals surface area contributed by atoms with Gasteiger partial charge in [-0.15, -0.1) is 0 Å². The van der Waals surface area contributed by atoms with Crippen LogP contribution in [-0.4, -0.2) is 9.78 Å². The molecule has 0 radical (unpaired) electrons. The van der Waals surface area contributed by atoms with Crippen molar-refractivity contribution in [2.24, 2.45) is 5.73 Å². The molecule has 0 bridgehead atoms. The number of halogens is 1. The van der Waals surface area contributed by atoms with Crippen LogP contribution >= 0.6 is 0 Å². The van der Waals surface area contributed by atoms with E-state index < -0.39 is 0 Å². The minimum Gasteiger partial charge on any atom is -0.324 e. The normalized spacial score (nSPS) is 12.7. The van der Waals surface area contributed by atoms with Crippen molar-refractivity contribution in [3.05, 3.63) is 53.6 Å². The van der Waals surface area contributed by atoms with Crippen LogP contribution in [-0.2, 0) is 6.54 Å². The molecule has 16 heavy (non-hydrogen) atoms. The van der Waals surface area contributed by atoms with E-state index in [1.54, 1.807) is 23.0 Å². The molecular weight excluding hydrogens is 205 g/mol. The van der Waals surface area contributed by atoms with Crippen molar-refractivity contribution in [1.82, 2.24) is 9.78 Å². The number of hydrogen-bond donors (Lipinski definition) is 1. The average molecular weight is 219 g/mol. The zero-order chi connectivity index (χ0) is 11.5. The lowest BCUT2D eigenvalue weighted by molar-refractivity contribution is 0.585. The van der Waals surface area contributed by atoms with E-state index >= 15 is 0 Å². The third-order valence-electron chi connectivity index (χ3n) is 2.47. The first-order valence-electron chi connectivity index (χ1n) is 5.18. The van der Waals surface area contributed by atoms with E-state index in [9.17, 15) is 4.39 Å². The zero-order valence-electron chi connectivity index (χ0n) is 9.10. The van der Waals surface area contributed by atoms with Crippen molar-refractivity contribution in [3.63, 3.8) is 0 Å². The molecule has 4 heteroatoms. The molecule has 1 unspecified atom stereocenters. The molecule has 3 nitrogen and oxygen atoms in total. The summed E-state index contributed by atoms with van der Waals surface area (Å²) in [7, 11) is 0. The maximum absolute atomic E-state index is 13.4. The second-order valence-electron chi connectivity index (χ2n) is 3.85. The minimum absolute atomic E-state index is 0.0469. The van der Waals surface area contributed by atoms with E-state index in [0.29, 0.717) is 12.1 Å². The van der Waals surface area contributed by atoms with Crippen molar-refractivity contribution in [2.45, 2.75) is 19.5 Å². The molecule has 1 aromatic carbocycles. The quantitative estimate of drug-likeness (QED) is 0.859. The van der Waals surface area contributed by atoms with Gasteiger partial charge in [-0.1, -0.05) is 18.2 Å². The summed E-state index contributed by atoms with van der Waals surface area (Å²) < 4.78 is 15.1. The first kappa shape index (κ1) is 10.8. The predicted octanol–water partition coefficient (Wildman–Crippen LogP) is 2.09. The van der Waals surface area contributed by atoms with Crippen LogP contribution in [0.25, 0.3) is 0 Å². The number of rotatable bonds is 3. The maximum atomic E-state index is 13.4. The van der Waals surface area contributed by atoms with Crippen molar-refractivity contribution < 1.29 is 4.39 Å². The third kappa shape index (κ3) is 2.28. The molecule has 0 spiro atoms. The van der Waals surface area contributed by atoms with Crippen LogP contribution in [0.1, 0.15) is 24.1 Å². The van der Waals surface area contributed by atoms with Gasteiger partial charge < -0.3 is 5.73 Å². The number of benzene rings is 1. The Kier molecular flexibility index (Phi) is 3.01. The lowest BCUT2D eigenvalue weighted by atomic mass is 10.2. The van der Waals surface area contributed by atoms with Gasteiger partial charge in [0, 0.05) is 23.4 Å². The molecule has 0 aliphatic rings. The largest absolute Gasteiger partial charge is 0.324 e. The molecule has 0 aliphatic carbocycles. The van der Waals surface area contributed by atoms with Gasteiger partial charge in [-0.3, -0.25) is 4.68 Å². The van der Waals surface area contributed by atoms with Gasteiger partial charge in [0.2, 0.25) is 0 Å². The summed E-state index contributed by atoms with van der Waals surface area (Å²) >= 11 is 0. The van der Waals surface area contributed by atoms with Crippen LogP contribution in [0, 0.1) is 5.82 Å². The number of aromatic nitrogens is 2. The topological polar surface area (TPSA) is 43.8 Å². The fraction of sp³-hybridized carbons (Fsp3) is 0.250. The van der Waals surface area contributed by atoms with Crippen LogP contribution < -0.4 is 5.73 Å². The monoisotopic (exact) mass is 219 g/mol. The summed E-state index contributed by atoms with van der Waals surface area (Å²) in [6.45, 7) is 2.32. The van der Waals surface area contributed by atoms with Gasteiger partial charge in [-0.2, -0.15) is 5.10 Å². The predicted molar refractivity (Wildman–Crippen MR) is 60.3 cm³/mol. The van der Waals surface area contributed by atoms with Gasteiger partial charge in [0.25, 0.3) is 0 Å². The van der Waals surface area contributed by atoms with Gasteiger partial charge in [0.1, 0.15) is 5.82 Å². The molecule has 1 aromatic heterocycles. The van der Waals surface area contributed by atoms with Crippen molar-refractivity contribution in [1.29, 1.82) is 0 Å². The second-order valence-corrected chi connectivity index (χ2v) is 3.85. The van der Waals surface area contributed by atoms with Gasteiger partial charge in [0.15, 0.2) is 0 Å². The van der Waals surface area contributed by atoms with E-state index in [2.05, 4.69) is 5.10 Å². The Morgan fingerprint density at radius 3 is 2.81 bits per heavy atom. The molecule has 0 saturated carbocycles. The number of nitrogens with two attached hydrogens (primary N) is 1. The highest BCUT2D eigenvalue weighted by molar-refractivity contribution is 5.18. The fourth-order valence-corrected chi connectivity index (χ4v) is 1.50. The summed E-state index contributed by atoms with van der Waals surface area (Å²) in [5.74, 6) is -0.208. The first-order valence-corrected chi connectivity index (χ1v) is 5.18. The third-order valence-corrected chi connectivity index (χ3v) is 2.47. The Balaban J connectivity index is 2.18. The molecule has 2 aromatic rings. The van der Waals surface area contributed by atoms with E-state index in [-0.39, 0.29) is 11.9 Å². The molecule has 0 amide bonds. The summed E-state index contributed by atoms with van der Waals surface area (Å²) in [6.07, 6.45) is 3.56.